The standard InChI is InChI=1S/C24H30N4O/c1-19-9-7-12-21(15-19)24-22(16-25-14-8-13-23(29)27(2)3)18-28(26-24)17-20-10-5-4-6-11-20/h4-7,9-12,15,18,25H,8,13-14,16-17H2,1-3H3. The minimum Gasteiger partial charge on any atom is -0.349 e. The third kappa shape index (κ3) is 6.03. The Balaban J connectivity index is 1.71. The van der Waals surface area contributed by atoms with Crippen LogP contribution in [0.1, 0.15) is 29.5 Å². The zero-order valence-corrected chi connectivity index (χ0v) is 17.6. The summed E-state index contributed by atoms with van der Waals surface area (Å²) in [6.07, 6.45) is 3.52. The van der Waals surface area contributed by atoms with E-state index in [1.54, 1.807) is 19.0 Å². The Morgan fingerprint density at radius 2 is 1.90 bits per heavy atom. The van der Waals surface area contributed by atoms with Gasteiger partial charge in [0, 0.05) is 44.4 Å². The summed E-state index contributed by atoms with van der Waals surface area (Å²) in [4.78, 5) is 13.4. The molecule has 0 saturated heterocycles. The number of carbonyl (C=O) groups excluding carboxylic acids is 1. The molecule has 1 N–H and O–H groups in total. The highest BCUT2D eigenvalue weighted by molar-refractivity contribution is 5.75. The van der Waals surface area contributed by atoms with Crippen LogP contribution in [0.25, 0.3) is 11.3 Å². The number of hydrogen-bond acceptors (Lipinski definition) is 3. The van der Waals surface area contributed by atoms with Crippen LogP contribution in [-0.4, -0.2) is 41.2 Å². The summed E-state index contributed by atoms with van der Waals surface area (Å²) in [5.74, 6) is 0.169. The van der Waals surface area contributed by atoms with E-state index in [1.807, 2.05) is 10.7 Å². The lowest BCUT2D eigenvalue weighted by atomic mass is 10.1. The van der Waals surface area contributed by atoms with Crippen LogP contribution in [0.2, 0.25) is 0 Å². The third-order valence-electron chi connectivity index (χ3n) is 4.87. The minimum absolute atomic E-state index is 0.169. The smallest absolute Gasteiger partial charge is 0.222 e. The molecule has 5 heteroatoms. The van der Waals surface area contributed by atoms with Gasteiger partial charge in [0.05, 0.1) is 12.2 Å². The molecule has 0 saturated carbocycles. The van der Waals surface area contributed by atoms with Crippen molar-refractivity contribution in [3.8, 4) is 11.3 Å². The monoisotopic (exact) mass is 390 g/mol. The Morgan fingerprint density at radius 1 is 1.10 bits per heavy atom. The Morgan fingerprint density at radius 3 is 2.62 bits per heavy atom. The van der Waals surface area contributed by atoms with Gasteiger partial charge in [-0.15, -0.1) is 0 Å². The number of hydrogen-bond donors (Lipinski definition) is 1. The third-order valence-corrected chi connectivity index (χ3v) is 4.87. The van der Waals surface area contributed by atoms with Gasteiger partial charge in [0.25, 0.3) is 0 Å². The quantitative estimate of drug-likeness (QED) is 0.565. The lowest BCUT2D eigenvalue weighted by Gasteiger charge is -2.10. The highest BCUT2D eigenvalue weighted by atomic mass is 16.2. The zero-order chi connectivity index (χ0) is 20.6. The van der Waals surface area contributed by atoms with Crippen molar-refractivity contribution in [1.82, 2.24) is 20.0 Å². The number of aryl methyl sites for hydroxylation is 1. The average Bonchev–Trinajstić information content (AvgIpc) is 3.10. The number of rotatable bonds is 9. The maximum atomic E-state index is 11.7. The van der Waals surface area contributed by atoms with E-state index in [2.05, 4.69) is 67.0 Å². The van der Waals surface area contributed by atoms with E-state index in [9.17, 15) is 4.79 Å². The van der Waals surface area contributed by atoms with Crippen LogP contribution in [0.4, 0.5) is 0 Å². The zero-order valence-electron chi connectivity index (χ0n) is 17.6. The number of nitrogens with one attached hydrogen (secondary N) is 1. The lowest BCUT2D eigenvalue weighted by molar-refractivity contribution is -0.128. The Kier molecular flexibility index (Phi) is 7.19. The molecule has 1 heterocycles. The van der Waals surface area contributed by atoms with Crippen LogP contribution in [0, 0.1) is 6.92 Å². The fraction of sp³-hybridized carbons (Fsp3) is 0.333. The second-order valence-electron chi connectivity index (χ2n) is 7.62. The predicted octanol–water partition coefficient (Wildman–Crippen LogP) is 3.86. The Labute approximate surface area is 173 Å². The van der Waals surface area contributed by atoms with Gasteiger partial charge in [-0.3, -0.25) is 9.48 Å². The van der Waals surface area contributed by atoms with Crippen molar-refractivity contribution >= 4 is 5.91 Å². The van der Waals surface area contributed by atoms with Gasteiger partial charge in [-0.05, 0) is 31.5 Å². The molecule has 1 aromatic heterocycles. The predicted molar refractivity (Wildman–Crippen MR) is 118 cm³/mol. The van der Waals surface area contributed by atoms with Crippen molar-refractivity contribution in [2.24, 2.45) is 0 Å². The van der Waals surface area contributed by atoms with Gasteiger partial charge in [0.15, 0.2) is 0 Å². The van der Waals surface area contributed by atoms with Crippen LogP contribution < -0.4 is 5.32 Å². The van der Waals surface area contributed by atoms with E-state index in [4.69, 9.17) is 5.10 Å². The second kappa shape index (κ2) is 10.0. The molecule has 0 bridgehead atoms. The first kappa shape index (κ1) is 20.8. The van der Waals surface area contributed by atoms with E-state index in [0.717, 1.165) is 37.3 Å². The van der Waals surface area contributed by atoms with Crippen molar-refractivity contribution < 1.29 is 4.79 Å². The molecule has 0 aliphatic rings. The van der Waals surface area contributed by atoms with Crippen LogP contribution in [0.5, 0.6) is 0 Å². The number of nitrogens with zero attached hydrogens (tertiary/aromatic N) is 3. The first-order valence-corrected chi connectivity index (χ1v) is 10.1. The van der Waals surface area contributed by atoms with Crippen molar-refractivity contribution in [1.29, 1.82) is 0 Å². The fourth-order valence-electron chi connectivity index (χ4n) is 3.29. The molecule has 152 valence electrons. The summed E-state index contributed by atoms with van der Waals surface area (Å²) in [5.41, 5.74) is 5.78. The molecule has 3 aromatic rings. The summed E-state index contributed by atoms with van der Waals surface area (Å²) < 4.78 is 2.01. The van der Waals surface area contributed by atoms with Crippen molar-refractivity contribution in [2.75, 3.05) is 20.6 Å². The Bertz CT molecular complexity index is 931. The molecular formula is C24H30N4O. The topological polar surface area (TPSA) is 50.2 Å². The minimum atomic E-state index is 0.169. The molecule has 0 unspecified atom stereocenters. The first-order valence-electron chi connectivity index (χ1n) is 10.1. The molecule has 0 aliphatic heterocycles. The van der Waals surface area contributed by atoms with Gasteiger partial charge < -0.3 is 10.2 Å². The van der Waals surface area contributed by atoms with Crippen molar-refractivity contribution in [3.05, 3.63) is 77.5 Å². The van der Waals surface area contributed by atoms with E-state index in [-0.39, 0.29) is 5.91 Å². The first-order chi connectivity index (χ1) is 14.0. The van der Waals surface area contributed by atoms with Crippen molar-refractivity contribution in [3.63, 3.8) is 0 Å². The van der Waals surface area contributed by atoms with Crippen molar-refractivity contribution in [2.45, 2.75) is 32.9 Å². The molecule has 2 aromatic carbocycles. The molecule has 0 aliphatic carbocycles. The van der Waals surface area contributed by atoms with Gasteiger partial charge in [0.1, 0.15) is 0 Å². The summed E-state index contributed by atoms with van der Waals surface area (Å²) >= 11 is 0. The van der Waals surface area contributed by atoms with Gasteiger partial charge in [-0.25, -0.2) is 0 Å². The van der Waals surface area contributed by atoms with E-state index in [1.165, 1.54) is 16.7 Å². The van der Waals surface area contributed by atoms with Crippen LogP contribution >= 0.6 is 0 Å². The number of amides is 1. The van der Waals surface area contributed by atoms with Crippen LogP contribution in [-0.2, 0) is 17.9 Å². The normalized spacial score (nSPS) is 10.9. The van der Waals surface area contributed by atoms with Gasteiger partial charge in [0.2, 0.25) is 5.91 Å². The lowest BCUT2D eigenvalue weighted by Crippen LogP contribution is -2.23. The summed E-state index contributed by atoms with van der Waals surface area (Å²) in [5, 5.41) is 8.36. The average molecular weight is 391 g/mol. The van der Waals surface area contributed by atoms with Gasteiger partial charge >= 0.3 is 0 Å². The number of benzene rings is 2. The fourth-order valence-corrected chi connectivity index (χ4v) is 3.29. The van der Waals surface area contributed by atoms with Gasteiger partial charge in [-0.2, -0.15) is 5.10 Å². The highest BCUT2D eigenvalue weighted by Gasteiger charge is 2.12. The van der Waals surface area contributed by atoms with Crippen LogP contribution in [0.15, 0.2) is 60.8 Å². The molecule has 0 fully saturated rings. The van der Waals surface area contributed by atoms with E-state index >= 15 is 0 Å². The Hall–Kier alpha value is -2.92. The van der Waals surface area contributed by atoms with E-state index < -0.39 is 0 Å². The summed E-state index contributed by atoms with van der Waals surface area (Å²) in [6.45, 7) is 4.38. The van der Waals surface area contributed by atoms with E-state index in [0.29, 0.717) is 6.42 Å². The molecular weight excluding hydrogens is 360 g/mol. The number of carbonyl (C=O) groups is 1. The highest BCUT2D eigenvalue weighted by Crippen LogP contribution is 2.23. The number of aromatic nitrogens is 2. The molecule has 1 amide bonds. The van der Waals surface area contributed by atoms with Crippen LogP contribution in [0.3, 0.4) is 0 Å². The van der Waals surface area contributed by atoms with Gasteiger partial charge in [-0.1, -0.05) is 54.1 Å². The molecule has 0 radical (unpaired) electrons. The molecule has 0 atom stereocenters. The molecule has 3 rings (SSSR count). The maximum Gasteiger partial charge on any atom is 0.222 e. The maximum absolute atomic E-state index is 11.7. The largest absolute Gasteiger partial charge is 0.349 e. The molecule has 29 heavy (non-hydrogen) atoms. The summed E-state index contributed by atoms with van der Waals surface area (Å²) in [6, 6.07) is 18.8. The second-order valence-corrected chi connectivity index (χ2v) is 7.62. The SMILES string of the molecule is Cc1cccc(-c2nn(Cc3ccccc3)cc2CNCCCC(=O)N(C)C)c1. The molecule has 5 nitrogen and oxygen atoms in total. The molecule has 0 spiro atoms. The summed E-state index contributed by atoms with van der Waals surface area (Å²) in [7, 11) is 3.59.